The first kappa shape index (κ1) is 13.1. The molecule has 1 aromatic carbocycles. The van der Waals surface area contributed by atoms with Gasteiger partial charge in [-0.15, -0.1) is 0 Å². The molecule has 1 aromatic rings. The van der Waals surface area contributed by atoms with Crippen LogP contribution in [0.1, 0.15) is 37.3 Å². The number of halogens is 2. The third-order valence-electron chi connectivity index (χ3n) is 4.24. The van der Waals surface area contributed by atoms with Gasteiger partial charge in [0.2, 0.25) is 5.91 Å². The molecule has 1 aliphatic carbocycles. The zero-order valence-electron chi connectivity index (χ0n) is 10.5. The number of nitrogens with one attached hydrogen (secondary N) is 2. The Morgan fingerprint density at radius 3 is 2.84 bits per heavy atom. The maximum Gasteiger partial charge on any atom is 0.237 e. The minimum Gasteiger partial charge on any atom is -0.291 e. The van der Waals surface area contributed by atoms with Gasteiger partial charge in [-0.3, -0.25) is 10.2 Å². The van der Waals surface area contributed by atoms with Gasteiger partial charge in [-0.1, -0.05) is 18.9 Å². The van der Waals surface area contributed by atoms with Gasteiger partial charge < -0.3 is 0 Å². The van der Waals surface area contributed by atoms with E-state index >= 15 is 0 Å². The molecule has 19 heavy (non-hydrogen) atoms. The van der Waals surface area contributed by atoms with Crippen LogP contribution in [0.2, 0.25) is 0 Å². The molecule has 3 atom stereocenters. The minimum absolute atomic E-state index is 0.0694. The second-order valence-corrected chi connectivity index (χ2v) is 6.19. The standard InChI is InChI=1S/C14H16BrFN2O/c15-11-7-8(5-6-12(11)16)13-9-3-1-2-4-10(9)14(19)18-17-13/h5-7,9-10,13,17H,1-4H2,(H,18,19). The third-order valence-corrected chi connectivity index (χ3v) is 4.85. The molecule has 0 radical (unpaired) electrons. The SMILES string of the molecule is O=C1NNC(c2ccc(F)c(Br)c2)C2CCCCC12. The van der Waals surface area contributed by atoms with Crippen molar-refractivity contribution in [2.45, 2.75) is 31.7 Å². The molecule has 1 saturated heterocycles. The molecule has 1 amide bonds. The van der Waals surface area contributed by atoms with Crippen LogP contribution in [0.25, 0.3) is 0 Å². The largest absolute Gasteiger partial charge is 0.291 e. The highest BCUT2D eigenvalue weighted by molar-refractivity contribution is 9.10. The summed E-state index contributed by atoms with van der Waals surface area (Å²) in [6.07, 6.45) is 4.28. The van der Waals surface area contributed by atoms with E-state index in [0.29, 0.717) is 10.4 Å². The van der Waals surface area contributed by atoms with Crippen molar-refractivity contribution in [2.24, 2.45) is 11.8 Å². The van der Waals surface area contributed by atoms with E-state index in [4.69, 9.17) is 0 Å². The van der Waals surface area contributed by atoms with E-state index in [-0.39, 0.29) is 23.7 Å². The molecule has 3 unspecified atom stereocenters. The molecular weight excluding hydrogens is 311 g/mol. The summed E-state index contributed by atoms with van der Waals surface area (Å²) in [5, 5.41) is 0. The molecule has 2 aliphatic rings. The Morgan fingerprint density at radius 1 is 1.26 bits per heavy atom. The molecule has 2 N–H and O–H groups in total. The Kier molecular flexibility index (Phi) is 3.58. The first-order valence-electron chi connectivity index (χ1n) is 6.67. The average Bonchev–Trinajstić information content (AvgIpc) is 2.43. The van der Waals surface area contributed by atoms with E-state index in [1.54, 1.807) is 12.1 Å². The number of carbonyl (C=O) groups excluding carboxylic acids is 1. The molecule has 5 heteroatoms. The van der Waals surface area contributed by atoms with Crippen molar-refractivity contribution < 1.29 is 9.18 Å². The molecule has 1 saturated carbocycles. The van der Waals surface area contributed by atoms with Gasteiger partial charge in [0, 0.05) is 5.92 Å². The third kappa shape index (κ3) is 2.41. The van der Waals surface area contributed by atoms with Gasteiger partial charge in [0.25, 0.3) is 0 Å². The van der Waals surface area contributed by atoms with Crippen molar-refractivity contribution in [3.05, 3.63) is 34.1 Å². The minimum atomic E-state index is -0.260. The molecule has 0 bridgehead atoms. The summed E-state index contributed by atoms with van der Waals surface area (Å²) in [6.45, 7) is 0. The number of hydrogen-bond acceptors (Lipinski definition) is 2. The van der Waals surface area contributed by atoms with Gasteiger partial charge >= 0.3 is 0 Å². The fourth-order valence-electron chi connectivity index (χ4n) is 3.27. The highest BCUT2D eigenvalue weighted by Crippen LogP contribution is 2.41. The molecule has 2 fully saturated rings. The van der Waals surface area contributed by atoms with E-state index < -0.39 is 0 Å². The highest BCUT2D eigenvalue weighted by atomic mass is 79.9. The van der Waals surface area contributed by atoms with Crippen LogP contribution in [0.15, 0.2) is 22.7 Å². The summed E-state index contributed by atoms with van der Waals surface area (Å²) < 4.78 is 13.8. The Labute approximate surface area is 120 Å². The van der Waals surface area contributed by atoms with Crippen molar-refractivity contribution in [1.29, 1.82) is 0 Å². The zero-order valence-corrected chi connectivity index (χ0v) is 12.0. The van der Waals surface area contributed by atoms with Crippen molar-refractivity contribution in [1.82, 2.24) is 10.9 Å². The second kappa shape index (κ2) is 5.21. The van der Waals surface area contributed by atoms with Gasteiger partial charge in [0.15, 0.2) is 0 Å². The van der Waals surface area contributed by atoms with Crippen LogP contribution < -0.4 is 10.9 Å². The lowest BCUT2D eigenvalue weighted by Crippen LogP contribution is -2.55. The monoisotopic (exact) mass is 326 g/mol. The van der Waals surface area contributed by atoms with Crippen LogP contribution in [-0.4, -0.2) is 5.91 Å². The van der Waals surface area contributed by atoms with Crippen LogP contribution in [-0.2, 0) is 4.79 Å². The van der Waals surface area contributed by atoms with Gasteiger partial charge in [-0.05, 0) is 52.4 Å². The smallest absolute Gasteiger partial charge is 0.237 e. The molecule has 1 heterocycles. The fraction of sp³-hybridized carbons (Fsp3) is 0.500. The number of amides is 1. The maximum atomic E-state index is 13.3. The van der Waals surface area contributed by atoms with E-state index in [1.807, 2.05) is 0 Å². The van der Waals surface area contributed by atoms with E-state index in [0.717, 1.165) is 31.2 Å². The van der Waals surface area contributed by atoms with Crippen LogP contribution in [0.5, 0.6) is 0 Å². The van der Waals surface area contributed by atoms with E-state index in [1.165, 1.54) is 6.07 Å². The van der Waals surface area contributed by atoms with Crippen molar-refractivity contribution in [3.8, 4) is 0 Å². The Bertz CT molecular complexity index is 508. The van der Waals surface area contributed by atoms with Gasteiger partial charge in [-0.2, -0.15) is 0 Å². The highest BCUT2D eigenvalue weighted by Gasteiger charge is 2.40. The summed E-state index contributed by atoms with van der Waals surface area (Å²) in [7, 11) is 0. The van der Waals surface area contributed by atoms with Gasteiger partial charge in [-0.25, -0.2) is 9.82 Å². The molecule has 1 aliphatic heterocycles. The van der Waals surface area contributed by atoms with Crippen LogP contribution in [0.3, 0.4) is 0 Å². The normalized spacial score (nSPS) is 30.6. The predicted octanol–water partition coefficient (Wildman–Crippen LogP) is 3.07. The average molecular weight is 327 g/mol. The molecule has 3 rings (SSSR count). The number of fused-ring (bicyclic) bond motifs is 1. The molecule has 3 nitrogen and oxygen atoms in total. The van der Waals surface area contributed by atoms with E-state index in [2.05, 4.69) is 26.8 Å². The van der Waals surface area contributed by atoms with Crippen molar-refractivity contribution in [2.75, 3.05) is 0 Å². The summed E-state index contributed by atoms with van der Waals surface area (Å²) in [5.41, 5.74) is 6.87. The number of benzene rings is 1. The molecular formula is C14H16BrFN2O. The van der Waals surface area contributed by atoms with Gasteiger partial charge in [0.1, 0.15) is 5.82 Å². The summed E-state index contributed by atoms with van der Waals surface area (Å²) in [6, 6.07) is 5.13. The Balaban J connectivity index is 1.90. The number of rotatable bonds is 1. The lowest BCUT2D eigenvalue weighted by atomic mass is 9.72. The molecule has 0 aromatic heterocycles. The summed E-state index contributed by atoms with van der Waals surface area (Å²) in [4.78, 5) is 11.9. The van der Waals surface area contributed by atoms with Crippen LogP contribution in [0.4, 0.5) is 4.39 Å². The molecule has 0 spiro atoms. The number of hydrazine groups is 1. The van der Waals surface area contributed by atoms with Crippen molar-refractivity contribution in [3.63, 3.8) is 0 Å². The number of carbonyl (C=O) groups is 1. The van der Waals surface area contributed by atoms with Gasteiger partial charge in [0.05, 0.1) is 10.5 Å². The Hall–Kier alpha value is -0.940. The van der Waals surface area contributed by atoms with Crippen LogP contribution >= 0.6 is 15.9 Å². The lowest BCUT2D eigenvalue weighted by molar-refractivity contribution is -0.133. The molecule has 102 valence electrons. The Morgan fingerprint density at radius 2 is 2.05 bits per heavy atom. The summed E-state index contributed by atoms with van der Waals surface area (Å²) >= 11 is 3.22. The van der Waals surface area contributed by atoms with Crippen molar-refractivity contribution >= 4 is 21.8 Å². The second-order valence-electron chi connectivity index (χ2n) is 5.34. The zero-order chi connectivity index (χ0) is 13.4. The van der Waals surface area contributed by atoms with Crippen LogP contribution in [0, 0.1) is 17.7 Å². The first-order chi connectivity index (χ1) is 9.16. The fourth-order valence-corrected chi connectivity index (χ4v) is 3.67. The lowest BCUT2D eigenvalue weighted by Gasteiger charge is -2.41. The predicted molar refractivity (Wildman–Crippen MR) is 73.6 cm³/mol. The summed E-state index contributed by atoms with van der Waals surface area (Å²) in [5.74, 6) is 0.231. The topological polar surface area (TPSA) is 41.1 Å². The quantitative estimate of drug-likeness (QED) is 0.832. The number of hydrogen-bond donors (Lipinski definition) is 2. The first-order valence-corrected chi connectivity index (χ1v) is 7.46. The van der Waals surface area contributed by atoms with E-state index in [9.17, 15) is 9.18 Å². The maximum absolute atomic E-state index is 13.3.